The monoisotopic (exact) mass is 425 g/mol. The van der Waals surface area contributed by atoms with E-state index < -0.39 is 12.0 Å². The fourth-order valence-corrected chi connectivity index (χ4v) is 3.65. The summed E-state index contributed by atoms with van der Waals surface area (Å²) in [6.45, 7) is 0.391. The Bertz CT molecular complexity index is 973. The van der Waals surface area contributed by atoms with Crippen LogP contribution >= 0.6 is 11.3 Å². The van der Waals surface area contributed by atoms with Crippen molar-refractivity contribution in [2.75, 3.05) is 14.2 Å². The second kappa shape index (κ2) is 10.5. The van der Waals surface area contributed by atoms with Crippen LogP contribution in [0.3, 0.4) is 0 Å². The number of esters is 1. The average molecular weight is 426 g/mol. The number of carbonyl (C=O) groups is 2. The molecule has 0 saturated heterocycles. The van der Waals surface area contributed by atoms with Crippen molar-refractivity contribution in [2.24, 2.45) is 0 Å². The second-order valence-corrected chi connectivity index (χ2v) is 7.44. The zero-order valence-corrected chi connectivity index (χ0v) is 17.6. The van der Waals surface area contributed by atoms with Gasteiger partial charge in [0.05, 0.1) is 26.7 Å². The highest BCUT2D eigenvalue weighted by Crippen LogP contribution is 2.30. The number of amides is 1. The molecule has 0 aliphatic heterocycles. The number of hydrogen-bond donors (Lipinski definition) is 1. The molecular formula is C23H23NO5S. The van der Waals surface area contributed by atoms with Crippen molar-refractivity contribution in [3.63, 3.8) is 0 Å². The molecule has 156 valence electrons. The summed E-state index contributed by atoms with van der Waals surface area (Å²) in [6.07, 6.45) is 0.0537. The molecule has 3 rings (SSSR count). The van der Waals surface area contributed by atoms with E-state index in [1.54, 1.807) is 18.2 Å². The minimum Gasteiger partial charge on any atom is -0.493 e. The normalized spacial score (nSPS) is 11.4. The highest BCUT2D eigenvalue weighted by atomic mass is 32.1. The molecule has 0 radical (unpaired) electrons. The Kier molecular flexibility index (Phi) is 7.45. The summed E-state index contributed by atoms with van der Waals surface area (Å²) in [5.74, 6) is 0.294. The molecule has 0 spiro atoms. The molecule has 7 heteroatoms. The van der Waals surface area contributed by atoms with Gasteiger partial charge in [-0.1, -0.05) is 36.4 Å². The highest BCUT2D eigenvalue weighted by molar-refractivity contribution is 7.10. The first kappa shape index (κ1) is 21.4. The number of methoxy groups -OCH3 is 2. The largest absolute Gasteiger partial charge is 0.493 e. The quantitative estimate of drug-likeness (QED) is 0.516. The number of carbonyl (C=O) groups excluding carboxylic acids is 2. The number of hydrogen-bond acceptors (Lipinski definition) is 6. The van der Waals surface area contributed by atoms with Crippen molar-refractivity contribution < 1.29 is 23.8 Å². The van der Waals surface area contributed by atoms with Crippen LogP contribution in [0.2, 0.25) is 0 Å². The molecule has 1 heterocycles. The number of thiophene rings is 1. The standard InChI is InChI=1S/C23H23NO5S/c1-27-20-13-17(10-11-19(20)29-15-16-7-4-3-5-8-16)23(26)24-18(14-22(25)28-2)21-9-6-12-30-21/h3-13,18H,14-15H2,1-2H3,(H,24,26). The molecule has 6 nitrogen and oxygen atoms in total. The van der Waals surface area contributed by atoms with Crippen molar-refractivity contribution >= 4 is 23.2 Å². The van der Waals surface area contributed by atoms with Gasteiger partial charge in [-0.15, -0.1) is 11.3 Å². The maximum absolute atomic E-state index is 12.8. The van der Waals surface area contributed by atoms with Crippen LogP contribution in [-0.4, -0.2) is 26.1 Å². The molecular weight excluding hydrogens is 402 g/mol. The third-order valence-corrected chi connectivity index (χ3v) is 5.44. The van der Waals surface area contributed by atoms with Gasteiger partial charge in [0.1, 0.15) is 6.61 Å². The molecule has 3 aromatic rings. The summed E-state index contributed by atoms with van der Waals surface area (Å²) >= 11 is 1.47. The van der Waals surface area contributed by atoms with Crippen molar-refractivity contribution in [3.05, 3.63) is 82.0 Å². The Balaban J connectivity index is 1.72. The Morgan fingerprint density at radius 3 is 2.47 bits per heavy atom. The van der Waals surface area contributed by atoms with Gasteiger partial charge in [0.25, 0.3) is 5.91 Å². The molecule has 1 N–H and O–H groups in total. The van der Waals surface area contributed by atoms with Gasteiger partial charge in [-0.05, 0) is 35.2 Å². The topological polar surface area (TPSA) is 73.9 Å². The minimum atomic E-state index is -0.468. The highest BCUT2D eigenvalue weighted by Gasteiger charge is 2.21. The van der Waals surface area contributed by atoms with Gasteiger partial charge >= 0.3 is 5.97 Å². The number of ether oxygens (including phenoxy) is 3. The van der Waals surface area contributed by atoms with E-state index in [1.165, 1.54) is 25.6 Å². The van der Waals surface area contributed by atoms with Gasteiger partial charge in [0.15, 0.2) is 11.5 Å². The van der Waals surface area contributed by atoms with Gasteiger partial charge < -0.3 is 19.5 Å². The molecule has 1 unspecified atom stereocenters. The number of benzene rings is 2. The Morgan fingerprint density at radius 2 is 1.80 bits per heavy atom. The summed E-state index contributed by atoms with van der Waals surface area (Å²) < 4.78 is 16.0. The fraction of sp³-hybridized carbons (Fsp3) is 0.217. The third-order valence-electron chi connectivity index (χ3n) is 4.45. The smallest absolute Gasteiger partial charge is 0.307 e. The SMILES string of the molecule is COC(=O)CC(NC(=O)c1ccc(OCc2ccccc2)c(OC)c1)c1cccs1. The Hall–Kier alpha value is -3.32. The van der Waals surface area contributed by atoms with Crippen LogP contribution in [-0.2, 0) is 16.1 Å². The fourth-order valence-electron chi connectivity index (χ4n) is 2.87. The Morgan fingerprint density at radius 1 is 1.00 bits per heavy atom. The predicted molar refractivity (Wildman–Crippen MR) is 115 cm³/mol. The van der Waals surface area contributed by atoms with E-state index in [-0.39, 0.29) is 12.3 Å². The van der Waals surface area contributed by atoms with Crippen LogP contribution < -0.4 is 14.8 Å². The maximum atomic E-state index is 12.8. The van der Waals surface area contributed by atoms with Crippen LogP contribution in [0.4, 0.5) is 0 Å². The van der Waals surface area contributed by atoms with Gasteiger partial charge in [0, 0.05) is 10.4 Å². The first-order valence-corrected chi connectivity index (χ1v) is 10.2. The lowest BCUT2D eigenvalue weighted by Crippen LogP contribution is -2.30. The van der Waals surface area contributed by atoms with Crippen LogP contribution in [0.1, 0.15) is 33.3 Å². The molecule has 0 aliphatic carbocycles. The van der Waals surface area contributed by atoms with Gasteiger partial charge in [-0.25, -0.2) is 0 Å². The van der Waals surface area contributed by atoms with Gasteiger partial charge in [-0.2, -0.15) is 0 Å². The number of rotatable bonds is 9. The summed E-state index contributed by atoms with van der Waals surface area (Å²) in [5.41, 5.74) is 1.44. The van der Waals surface area contributed by atoms with Crippen LogP contribution in [0.5, 0.6) is 11.5 Å². The van der Waals surface area contributed by atoms with E-state index in [0.717, 1.165) is 10.4 Å². The van der Waals surface area contributed by atoms with E-state index in [0.29, 0.717) is 23.7 Å². The lowest BCUT2D eigenvalue weighted by atomic mass is 10.1. The van der Waals surface area contributed by atoms with Crippen molar-refractivity contribution in [1.82, 2.24) is 5.32 Å². The zero-order chi connectivity index (χ0) is 21.3. The summed E-state index contributed by atoms with van der Waals surface area (Å²) in [7, 11) is 2.85. The molecule has 1 aromatic heterocycles. The first-order chi connectivity index (χ1) is 14.6. The van der Waals surface area contributed by atoms with Crippen LogP contribution in [0.15, 0.2) is 66.0 Å². The van der Waals surface area contributed by atoms with Crippen molar-refractivity contribution in [1.29, 1.82) is 0 Å². The zero-order valence-electron chi connectivity index (χ0n) is 16.8. The molecule has 2 aromatic carbocycles. The molecule has 1 atom stereocenters. The minimum absolute atomic E-state index is 0.0537. The summed E-state index contributed by atoms with van der Waals surface area (Å²) in [6, 6.07) is 18.1. The molecule has 0 fully saturated rings. The van der Waals surface area contributed by atoms with E-state index in [1.807, 2.05) is 47.8 Å². The van der Waals surface area contributed by atoms with E-state index in [4.69, 9.17) is 14.2 Å². The third kappa shape index (κ3) is 5.61. The van der Waals surface area contributed by atoms with Crippen LogP contribution in [0.25, 0.3) is 0 Å². The van der Waals surface area contributed by atoms with E-state index in [2.05, 4.69) is 5.32 Å². The molecule has 0 saturated carbocycles. The average Bonchev–Trinajstić information content (AvgIpc) is 3.32. The molecule has 1 amide bonds. The summed E-state index contributed by atoms with van der Waals surface area (Å²) in [5, 5.41) is 4.80. The van der Waals surface area contributed by atoms with E-state index in [9.17, 15) is 9.59 Å². The molecule has 30 heavy (non-hydrogen) atoms. The van der Waals surface area contributed by atoms with Gasteiger partial charge in [0.2, 0.25) is 0 Å². The second-order valence-electron chi connectivity index (χ2n) is 6.46. The maximum Gasteiger partial charge on any atom is 0.307 e. The lowest BCUT2D eigenvalue weighted by Gasteiger charge is -2.17. The van der Waals surface area contributed by atoms with Gasteiger partial charge in [-0.3, -0.25) is 9.59 Å². The van der Waals surface area contributed by atoms with E-state index >= 15 is 0 Å². The Labute approximate surface area is 179 Å². The summed E-state index contributed by atoms with van der Waals surface area (Å²) in [4.78, 5) is 25.5. The van der Waals surface area contributed by atoms with Crippen molar-refractivity contribution in [3.8, 4) is 11.5 Å². The van der Waals surface area contributed by atoms with Crippen LogP contribution in [0, 0.1) is 0 Å². The molecule has 0 bridgehead atoms. The molecule has 0 aliphatic rings. The van der Waals surface area contributed by atoms with Crippen molar-refractivity contribution in [2.45, 2.75) is 19.1 Å². The lowest BCUT2D eigenvalue weighted by molar-refractivity contribution is -0.141. The number of nitrogens with one attached hydrogen (secondary N) is 1. The predicted octanol–water partition coefficient (Wildman–Crippen LogP) is 4.37. The first-order valence-electron chi connectivity index (χ1n) is 9.36.